The lowest BCUT2D eigenvalue weighted by Crippen LogP contribution is -2.24. The van der Waals surface area contributed by atoms with Crippen LogP contribution in [-0.2, 0) is 6.61 Å². The van der Waals surface area contributed by atoms with E-state index >= 15 is 0 Å². The molecule has 2 aliphatic rings. The highest BCUT2D eigenvalue weighted by Crippen LogP contribution is 2.40. The molecule has 0 bridgehead atoms. The summed E-state index contributed by atoms with van der Waals surface area (Å²) >= 11 is 0. The van der Waals surface area contributed by atoms with Crippen LogP contribution in [0.15, 0.2) is 24.3 Å². The van der Waals surface area contributed by atoms with Gasteiger partial charge in [-0.3, -0.25) is 19.5 Å². The Morgan fingerprint density at radius 3 is 2.67 bits per heavy atom. The van der Waals surface area contributed by atoms with Crippen LogP contribution in [-0.4, -0.2) is 28.7 Å². The minimum atomic E-state index is -0.290. The van der Waals surface area contributed by atoms with Gasteiger partial charge in [0.25, 0.3) is 11.8 Å². The molecule has 5 nitrogen and oxygen atoms in total. The average molecular weight is 280 g/mol. The van der Waals surface area contributed by atoms with Crippen LogP contribution in [0.4, 0.5) is 0 Å². The number of fused-ring (bicyclic) bond motifs is 5. The highest BCUT2D eigenvalue weighted by atomic mass is 16.5. The third-order valence-corrected chi connectivity index (χ3v) is 4.03. The third kappa shape index (κ3) is 1.43. The number of hydrogen-bond acceptors (Lipinski definition) is 4. The summed E-state index contributed by atoms with van der Waals surface area (Å²) in [6, 6.07) is 7.59. The van der Waals surface area contributed by atoms with Gasteiger partial charge >= 0.3 is 0 Å². The molecule has 0 saturated carbocycles. The van der Waals surface area contributed by atoms with E-state index in [0.717, 1.165) is 21.9 Å². The maximum absolute atomic E-state index is 12.4. The minimum Gasteiger partial charge on any atom is -0.488 e. The molecule has 0 radical (unpaired) electrons. The van der Waals surface area contributed by atoms with Crippen molar-refractivity contribution in [2.75, 3.05) is 7.05 Å². The molecular formula is C16H12N2O3. The molecule has 0 fully saturated rings. The predicted molar refractivity (Wildman–Crippen MR) is 75.2 cm³/mol. The van der Waals surface area contributed by atoms with Crippen molar-refractivity contribution >= 4 is 11.8 Å². The van der Waals surface area contributed by atoms with E-state index in [4.69, 9.17) is 4.74 Å². The Labute approximate surface area is 121 Å². The summed E-state index contributed by atoms with van der Waals surface area (Å²) < 4.78 is 5.71. The van der Waals surface area contributed by atoms with Crippen molar-refractivity contribution in [2.45, 2.75) is 13.5 Å². The van der Waals surface area contributed by atoms with Gasteiger partial charge in [-0.15, -0.1) is 0 Å². The van der Waals surface area contributed by atoms with Crippen molar-refractivity contribution in [3.63, 3.8) is 0 Å². The molecule has 0 aliphatic carbocycles. The molecule has 0 unspecified atom stereocenters. The number of carbonyl (C=O) groups excluding carboxylic acids is 2. The lowest BCUT2D eigenvalue weighted by molar-refractivity contribution is 0.0692. The van der Waals surface area contributed by atoms with E-state index in [1.807, 2.05) is 24.3 Å². The van der Waals surface area contributed by atoms with Crippen LogP contribution in [0.1, 0.15) is 32.0 Å². The van der Waals surface area contributed by atoms with E-state index in [0.29, 0.717) is 22.4 Å². The van der Waals surface area contributed by atoms with Gasteiger partial charge in [0.1, 0.15) is 12.4 Å². The van der Waals surface area contributed by atoms with Gasteiger partial charge < -0.3 is 4.74 Å². The summed E-state index contributed by atoms with van der Waals surface area (Å²) in [5.74, 6) is 0.184. The number of aromatic nitrogens is 1. The first-order chi connectivity index (χ1) is 10.1. The fourth-order valence-corrected chi connectivity index (χ4v) is 2.97. The van der Waals surface area contributed by atoms with Crippen LogP contribution in [0.3, 0.4) is 0 Å². The molecule has 4 rings (SSSR count). The molecular weight excluding hydrogens is 268 g/mol. The number of aryl methyl sites for hydroxylation is 1. The van der Waals surface area contributed by atoms with Gasteiger partial charge in [0.05, 0.1) is 22.5 Å². The van der Waals surface area contributed by atoms with E-state index in [-0.39, 0.29) is 18.4 Å². The van der Waals surface area contributed by atoms with Crippen LogP contribution in [0.25, 0.3) is 11.3 Å². The number of rotatable bonds is 0. The molecule has 5 heteroatoms. The van der Waals surface area contributed by atoms with E-state index in [1.165, 1.54) is 7.05 Å². The fourth-order valence-electron chi connectivity index (χ4n) is 2.97. The number of imide groups is 1. The SMILES string of the molecule is Cc1nc2c(c3c1C(=O)N(C)C3=O)COc1ccccc1-2. The van der Waals surface area contributed by atoms with Crippen molar-refractivity contribution < 1.29 is 14.3 Å². The van der Waals surface area contributed by atoms with Crippen LogP contribution in [0, 0.1) is 6.92 Å². The van der Waals surface area contributed by atoms with Gasteiger partial charge in [0, 0.05) is 18.2 Å². The number of pyridine rings is 1. The van der Waals surface area contributed by atoms with Gasteiger partial charge in [-0.1, -0.05) is 12.1 Å². The van der Waals surface area contributed by atoms with Crippen molar-refractivity contribution in [2.24, 2.45) is 0 Å². The first kappa shape index (κ1) is 12.1. The Kier molecular flexibility index (Phi) is 2.25. The number of amides is 2. The quantitative estimate of drug-likeness (QED) is 0.694. The number of carbonyl (C=O) groups is 2. The van der Waals surface area contributed by atoms with Crippen LogP contribution in [0.5, 0.6) is 5.75 Å². The van der Waals surface area contributed by atoms with Gasteiger partial charge in [-0.25, -0.2) is 0 Å². The van der Waals surface area contributed by atoms with Crippen molar-refractivity contribution in [3.05, 3.63) is 46.6 Å². The van der Waals surface area contributed by atoms with Crippen molar-refractivity contribution in [1.82, 2.24) is 9.88 Å². The maximum Gasteiger partial charge on any atom is 0.263 e. The Bertz CT molecular complexity index is 827. The maximum atomic E-state index is 12.4. The predicted octanol–water partition coefficient (Wildman–Crippen LogP) is 2.18. The average Bonchev–Trinajstić information content (AvgIpc) is 2.73. The topological polar surface area (TPSA) is 59.5 Å². The molecule has 3 heterocycles. The van der Waals surface area contributed by atoms with E-state index in [1.54, 1.807) is 6.92 Å². The molecule has 2 aromatic rings. The summed E-state index contributed by atoms with van der Waals surface area (Å²) in [5.41, 5.74) is 3.74. The number of benzene rings is 1. The molecule has 0 N–H and O–H groups in total. The molecule has 2 aliphatic heterocycles. The highest BCUT2D eigenvalue weighted by Gasteiger charge is 2.39. The molecule has 0 spiro atoms. The lowest BCUT2D eigenvalue weighted by atomic mass is 9.95. The smallest absolute Gasteiger partial charge is 0.263 e. The van der Waals surface area contributed by atoms with Gasteiger partial charge in [0.15, 0.2) is 0 Å². The highest BCUT2D eigenvalue weighted by molar-refractivity contribution is 6.22. The summed E-state index contributed by atoms with van der Waals surface area (Å²) in [7, 11) is 1.49. The zero-order valence-electron chi connectivity index (χ0n) is 11.6. The fraction of sp³-hybridized carbons (Fsp3) is 0.188. The Hall–Kier alpha value is -2.69. The number of hydrogen-bond donors (Lipinski definition) is 0. The van der Waals surface area contributed by atoms with Crippen LogP contribution in [0.2, 0.25) is 0 Å². The second kappa shape index (κ2) is 3.91. The summed E-state index contributed by atoms with van der Waals surface area (Å²) in [6.45, 7) is 2.02. The molecule has 2 amide bonds. The minimum absolute atomic E-state index is 0.259. The van der Waals surface area contributed by atoms with Gasteiger partial charge in [0.2, 0.25) is 0 Å². The van der Waals surface area contributed by atoms with Crippen molar-refractivity contribution in [3.8, 4) is 17.0 Å². The molecule has 104 valence electrons. The van der Waals surface area contributed by atoms with Crippen LogP contribution < -0.4 is 4.74 Å². The molecule has 1 aromatic carbocycles. The van der Waals surface area contributed by atoms with E-state index < -0.39 is 0 Å². The zero-order valence-corrected chi connectivity index (χ0v) is 11.6. The van der Waals surface area contributed by atoms with Gasteiger partial charge in [-0.2, -0.15) is 0 Å². The first-order valence-electron chi connectivity index (χ1n) is 6.67. The molecule has 21 heavy (non-hydrogen) atoms. The third-order valence-electron chi connectivity index (χ3n) is 4.03. The summed E-state index contributed by atoms with van der Waals surface area (Å²) in [4.78, 5) is 30.3. The monoisotopic (exact) mass is 280 g/mol. The summed E-state index contributed by atoms with van der Waals surface area (Å²) in [5, 5.41) is 0. The summed E-state index contributed by atoms with van der Waals surface area (Å²) in [6.07, 6.45) is 0. The van der Waals surface area contributed by atoms with Crippen LogP contribution >= 0.6 is 0 Å². The Balaban J connectivity index is 2.08. The van der Waals surface area contributed by atoms with E-state index in [9.17, 15) is 9.59 Å². The largest absolute Gasteiger partial charge is 0.488 e. The standard InChI is InChI=1S/C16H12N2O3/c1-8-12-13(16(20)18(2)15(12)19)10-7-21-11-6-4-3-5-9(11)14(10)17-8/h3-6H,7H2,1-2H3. The number of para-hydroxylation sites is 1. The molecule has 1 aromatic heterocycles. The Morgan fingerprint density at radius 2 is 1.86 bits per heavy atom. The second-order valence-electron chi connectivity index (χ2n) is 5.23. The molecule has 0 saturated heterocycles. The van der Waals surface area contributed by atoms with Crippen molar-refractivity contribution in [1.29, 1.82) is 0 Å². The normalized spacial score (nSPS) is 15.4. The number of ether oxygens (including phenoxy) is 1. The van der Waals surface area contributed by atoms with Gasteiger partial charge in [-0.05, 0) is 19.1 Å². The second-order valence-corrected chi connectivity index (χ2v) is 5.23. The Morgan fingerprint density at radius 1 is 1.14 bits per heavy atom. The lowest BCUT2D eigenvalue weighted by Gasteiger charge is -2.22. The first-order valence-corrected chi connectivity index (χ1v) is 6.67. The zero-order chi connectivity index (χ0) is 14.7. The number of nitrogens with zero attached hydrogens (tertiary/aromatic N) is 2. The molecule has 0 atom stereocenters. The van der Waals surface area contributed by atoms with E-state index in [2.05, 4.69) is 4.98 Å².